The van der Waals surface area contributed by atoms with E-state index in [-0.39, 0.29) is 24.3 Å². The summed E-state index contributed by atoms with van der Waals surface area (Å²) in [5.74, 6) is 0.0250. The second kappa shape index (κ2) is 8.88. The molecule has 0 spiro atoms. The van der Waals surface area contributed by atoms with E-state index < -0.39 is 11.9 Å². The van der Waals surface area contributed by atoms with Crippen molar-refractivity contribution in [2.75, 3.05) is 18.5 Å². The van der Waals surface area contributed by atoms with Crippen molar-refractivity contribution in [3.8, 4) is 5.75 Å². The maximum Gasteiger partial charge on any atom is 0.255 e. The van der Waals surface area contributed by atoms with E-state index in [1.165, 1.54) is 6.42 Å². The summed E-state index contributed by atoms with van der Waals surface area (Å²) in [6, 6.07) is 6.34. The van der Waals surface area contributed by atoms with E-state index in [0.29, 0.717) is 24.4 Å². The molecule has 146 valence electrons. The van der Waals surface area contributed by atoms with Gasteiger partial charge in [0.1, 0.15) is 11.8 Å². The molecule has 7 nitrogen and oxygen atoms in total. The molecule has 3 amide bonds. The summed E-state index contributed by atoms with van der Waals surface area (Å²) in [7, 11) is 0. The smallest absolute Gasteiger partial charge is 0.255 e. The summed E-state index contributed by atoms with van der Waals surface area (Å²) in [5, 5.41) is 2.88. The summed E-state index contributed by atoms with van der Waals surface area (Å²) in [6.07, 6.45) is 6.84. The van der Waals surface area contributed by atoms with E-state index in [1.807, 2.05) is 0 Å². The van der Waals surface area contributed by atoms with Crippen molar-refractivity contribution >= 4 is 23.4 Å². The molecule has 1 unspecified atom stereocenters. The van der Waals surface area contributed by atoms with Crippen LogP contribution in [0.5, 0.6) is 5.75 Å². The summed E-state index contributed by atoms with van der Waals surface area (Å²) < 4.78 is 5.20. The SMILES string of the molecule is NC(=O)COc1ccc(NC(=O)C2CCCN2C(=O)C2CCCCC2)cc1. The number of rotatable bonds is 6. The molecule has 0 bridgehead atoms. The Morgan fingerprint density at radius 2 is 1.74 bits per heavy atom. The number of nitrogens with two attached hydrogens (primary N) is 1. The predicted octanol–water partition coefficient (Wildman–Crippen LogP) is 2.06. The fourth-order valence-electron chi connectivity index (χ4n) is 3.90. The van der Waals surface area contributed by atoms with Gasteiger partial charge in [0.15, 0.2) is 6.61 Å². The van der Waals surface area contributed by atoms with Crippen LogP contribution in [0.1, 0.15) is 44.9 Å². The average molecular weight is 373 g/mol. The van der Waals surface area contributed by atoms with Gasteiger partial charge < -0.3 is 20.7 Å². The van der Waals surface area contributed by atoms with Crippen LogP contribution in [0, 0.1) is 5.92 Å². The molecule has 2 fully saturated rings. The number of carbonyl (C=O) groups excluding carboxylic acids is 3. The van der Waals surface area contributed by atoms with Crippen LogP contribution >= 0.6 is 0 Å². The fourth-order valence-corrected chi connectivity index (χ4v) is 3.90. The third kappa shape index (κ3) is 4.99. The van der Waals surface area contributed by atoms with Crippen LogP contribution in [0.25, 0.3) is 0 Å². The molecule has 1 saturated heterocycles. The van der Waals surface area contributed by atoms with Crippen molar-refractivity contribution < 1.29 is 19.1 Å². The van der Waals surface area contributed by atoms with Crippen molar-refractivity contribution in [3.63, 3.8) is 0 Å². The van der Waals surface area contributed by atoms with Gasteiger partial charge >= 0.3 is 0 Å². The Morgan fingerprint density at radius 1 is 1.04 bits per heavy atom. The van der Waals surface area contributed by atoms with E-state index in [2.05, 4.69) is 5.32 Å². The molecular formula is C20H27N3O4. The molecule has 1 aliphatic carbocycles. The number of likely N-dealkylation sites (tertiary alicyclic amines) is 1. The van der Waals surface area contributed by atoms with Crippen LogP contribution in [0.3, 0.4) is 0 Å². The highest BCUT2D eigenvalue weighted by Crippen LogP contribution is 2.29. The molecule has 0 radical (unpaired) electrons. The van der Waals surface area contributed by atoms with Gasteiger partial charge in [-0.15, -0.1) is 0 Å². The summed E-state index contributed by atoms with van der Waals surface area (Å²) in [6.45, 7) is 0.472. The van der Waals surface area contributed by atoms with Gasteiger partial charge in [0.2, 0.25) is 11.8 Å². The zero-order valence-corrected chi connectivity index (χ0v) is 15.5. The maximum atomic E-state index is 12.8. The van der Waals surface area contributed by atoms with Crippen molar-refractivity contribution in [2.45, 2.75) is 51.0 Å². The lowest BCUT2D eigenvalue weighted by atomic mass is 9.88. The lowest BCUT2D eigenvalue weighted by Crippen LogP contribution is -2.46. The van der Waals surface area contributed by atoms with Crippen LogP contribution in [0.4, 0.5) is 5.69 Å². The highest BCUT2D eigenvalue weighted by atomic mass is 16.5. The first-order valence-electron chi connectivity index (χ1n) is 9.67. The van der Waals surface area contributed by atoms with Gasteiger partial charge in [-0.2, -0.15) is 0 Å². The minimum Gasteiger partial charge on any atom is -0.484 e. The van der Waals surface area contributed by atoms with Gasteiger partial charge in [-0.25, -0.2) is 0 Å². The van der Waals surface area contributed by atoms with Crippen LogP contribution in [-0.4, -0.2) is 41.8 Å². The standard InChI is InChI=1S/C20H27N3O4/c21-18(24)13-27-16-10-8-15(9-11-16)22-19(25)17-7-4-12-23(17)20(26)14-5-2-1-3-6-14/h8-11,14,17H,1-7,12-13H2,(H2,21,24)(H,22,25). The highest BCUT2D eigenvalue weighted by molar-refractivity contribution is 5.97. The van der Waals surface area contributed by atoms with Crippen molar-refractivity contribution in [1.82, 2.24) is 4.90 Å². The number of benzene rings is 1. The quantitative estimate of drug-likeness (QED) is 0.797. The molecule has 3 rings (SSSR count). The Hall–Kier alpha value is -2.57. The fraction of sp³-hybridized carbons (Fsp3) is 0.550. The van der Waals surface area contributed by atoms with Crippen molar-refractivity contribution in [3.05, 3.63) is 24.3 Å². The molecule has 1 heterocycles. The normalized spacial score (nSPS) is 20.3. The summed E-state index contributed by atoms with van der Waals surface area (Å²) in [4.78, 5) is 38.1. The van der Waals surface area contributed by atoms with E-state index >= 15 is 0 Å². The molecular weight excluding hydrogens is 346 g/mol. The van der Waals surface area contributed by atoms with Gasteiger partial charge in [-0.3, -0.25) is 14.4 Å². The van der Waals surface area contributed by atoms with Crippen LogP contribution in [-0.2, 0) is 14.4 Å². The van der Waals surface area contributed by atoms with Crippen molar-refractivity contribution in [1.29, 1.82) is 0 Å². The maximum absolute atomic E-state index is 12.8. The van der Waals surface area contributed by atoms with E-state index in [4.69, 9.17) is 10.5 Å². The topological polar surface area (TPSA) is 102 Å². The minimum absolute atomic E-state index is 0.0776. The van der Waals surface area contributed by atoms with Gasteiger partial charge in [0, 0.05) is 18.2 Å². The first kappa shape index (κ1) is 19.2. The lowest BCUT2D eigenvalue weighted by molar-refractivity contribution is -0.141. The monoisotopic (exact) mass is 373 g/mol. The number of carbonyl (C=O) groups is 3. The molecule has 7 heteroatoms. The third-order valence-corrected chi connectivity index (χ3v) is 5.30. The largest absolute Gasteiger partial charge is 0.484 e. The number of hydrogen-bond donors (Lipinski definition) is 2. The molecule has 2 aliphatic rings. The van der Waals surface area contributed by atoms with Gasteiger partial charge in [-0.1, -0.05) is 19.3 Å². The Bertz CT molecular complexity index is 683. The zero-order valence-electron chi connectivity index (χ0n) is 15.5. The second-order valence-electron chi connectivity index (χ2n) is 7.29. The van der Waals surface area contributed by atoms with Gasteiger partial charge in [0.05, 0.1) is 0 Å². The van der Waals surface area contributed by atoms with Gasteiger partial charge in [-0.05, 0) is 49.9 Å². The molecule has 1 aromatic carbocycles. The zero-order chi connectivity index (χ0) is 19.2. The average Bonchev–Trinajstić information content (AvgIpc) is 3.17. The van der Waals surface area contributed by atoms with E-state index in [1.54, 1.807) is 29.2 Å². The first-order valence-corrected chi connectivity index (χ1v) is 9.67. The summed E-state index contributed by atoms with van der Waals surface area (Å²) in [5.41, 5.74) is 5.67. The molecule has 27 heavy (non-hydrogen) atoms. The number of ether oxygens (including phenoxy) is 1. The van der Waals surface area contributed by atoms with Crippen LogP contribution in [0.2, 0.25) is 0 Å². The van der Waals surface area contributed by atoms with Gasteiger partial charge in [0.25, 0.3) is 5.91 Å². The molecule has 1 aromatic rings. The molecule has 3 N–H and O–H groups in total. The Kier molecular flexibility index (Phi) is 6.32. The number of hydrogen-bond acceptors (Lipinski definition) is 4. The van der Waals surface area contributed by atoms with Crippen LogP contribution in [0.15, 0.2) is 24.3 Å². The third-order valence-electron chi connectivity index (χ3n) is 5.30. The molecule has 0 aromatic heterocycles. The Morgan fingerprint density at radius 3 is 2.41 bits per heavy atom. The van der Waals surface area contributed by atoms with Crippen LogP contribution < -0.4 is 15.8 Å². The first-order chi connectivity index (χ1) is 13.0. The number of nitrogens with one attached hydrogen (secondary N) is 1. The minimum atomic E-state index is -0.545. The number of anilines is 1. The highest BCUT2D eigenvalue weighted by Gasteiger charge is 2.37. The van der Waals surface area contributed by atoms with Crippen molar-refractivity contribution in [2.24, 2.45) is 11.7 Å². The molecule has 1 aliphatic heterocycles. The molecule has 1 atom stereocenters. The summed E-state index contributed by atoms with van der Waals surface area (Å²) >= 11 is 0. The molecule has 1 saturated carbocycles. The predicted molar refractivity (Wildman–Crippen MR) is 101 cm³/mol. The number of amides is 3. The Labute approximate surface area is 159 Å². The lowest BCUT2D eigenvalue weighted by Gasteiger charge is -2.30. The van der Waals surface area contributed by atoms with E-state index in [0.717, 1.165) is 32.1 Å². The second-order valence-corrected chi connectivity index (χ2v) is 7.29. The number of nitrogens with zero attached hydrogens (tertiary/aromatic N) is 1. The Balaban J connectivity index is 1.57. The van der Waals surface area contributed by atoms with E-state index in [9.17, 15) is 14.4 Å². The number of primary amides is 1.